The number of thioether (sulfide) groups is 1. The van der Waals surface area contributed by atoms with Gasteiger partial charge in [0.25, 0.3) is 0 Å². The summed E-state index contributed by atoms with van der Waals surface area (Å²) in [4.78, 5) is 12.3. The minimum Gasteiger partial charge on any atom is -0.351 e. The van der Waals surface area contributed by atoms with Crippen LogP contribution in [0.1, 0.15) is 16.7 Å². The van der Waals surface area contributed by atoms with Gasteiger partial charge in [0.05, 0.1) is 11.4 Å². The molecule has 5 aromatic rings. The molecule has 1 N–H and O–H groups in total. The van der Waals surface area contributed by atoms with E-state index < -0.39 is 0 Å². The fraction of sp³-hybridized carbons (Fsp3) is 0.167. The summed E-state index contributed by atoms with van der Waals surface area (Å²) >= 11 is 7.24. The highest BCUT2D eigenvalue weighted by molar-refractivity contribution is 7.99. The maximum absolute atomic E-state index is 12.3. The van der Waals surface area contributed by atoms with E-state index in [9.17, 15) is 4.79 Å². The maximum atomic E-state index is 12.3. The third-order valence-corrected chi connectivity index (χ3v) is 6.59. The van der Waals surface area contributed by atoms with E-state index in [1.807, 2.05) is 51.6 Å². The Bertz CT molecular complexity index is 1470. The fourth-order valence-electron chi connectivity index (χ4n) is 3.62. The Morgan fingerprint density at radius 2 is 1.88 bits per heavy atom. The molecule has 0 spiro atoms. The lowest BCUT2D eigenvalue weighted by Gasteiger charge is -2.05. The molecule has 7 nitrogen and oxygen atoms in total. The molecule has 5 rings (SSSR count). The van der Waals surface area contributed by atoms with Crippen molar-refractivity contribution in [1.29, 1.82) is 0 Å². The third kappa shape index (κ3) is 4.44. The summed E-state index contributed by atoms with van der Waals surface area (Å²) < 4.78 is 3.70. The Hall–Kier alpha value is -3.36. The molecule has 0 radical (unpaired) electrons. The largest absolute Gasteiger partial charge is 0.351 e. The average molecular weight is 477 g/mol. The summed E-state index contributed by atoms with van der Waals surface area (Å²) in [5.74, 6) is 0.168. The number of aryl methyl sites for hydroxylation is 2. The van der Waals surface area contributed by atoms with E-state index in [0.29, 0.717) is 22.4 Å². The van der Waals surface area contributed by atoms with Crippen LogP contribution in [-0.4, -0.2) is 35.9 Å². The number of fused-ring (bicyclic) bond motifs is 3. The van der Waals surface area contributed by atoms with Crippen molar-refractivity contribution in [3.8, 4) is 11.3 Å². The molecule has 9 heteroatoms. The highest BCUT2D eigenvalue weighted by Crippen LogP contribution is 2.27. The molecule has 0 unspecified atom stereocenters. The van der Waals surface area contributed by atoms with Gasteiger partial charge < -0.3 is 5.32 Å². The number of carbonyl (C=O) groups excluding carboxylic acids is 1. The first-order valence-electron chi connectivity index (χ1n) is 10.4. The zero-order chi connectivity index (χ0) is 22.9. The Balaban J connectivity index is 1.33. The van der Waals surface area contributed by atoms with Gasteiger partial charge in [-0.3, -0.25) is 9.20 Å². The van der Waals surface area contributed by atoms with Crippen LogP contribution in [0, 0.1) is 13.8 Å². The smallest absolute Gasteiger partial charge is 0.230 e. The molecular formula is C24H21ClN6OS. The van der Waals surface area contributed by atoms with E-state index in [0.717, 1.165) is 22.3 Å². The van der Waals surface area contributed by atoms with E-state index >= 15 is 0 Å². The first-order chi connectivity index (χ1) is 16.0. The van der Waals surface area contributed by atoms with Gasteiger partial charge in [-0.2, -0.15) is 5.10 Å². The number of halogens is 1. The predicted octanol–water partition coefficient (Wildman–Crippen LogP) is 4.72. The second kappa shape index (κ2) is 8.88. The molecule has 3 aromatic heterocycles. The van der Waals surface area contributed by atoms with E-state index in [-0.39, 0.29) is 11.7 Å². The second-order valence-electron chi connectivity index (χ2n) is 7.84. The summed E-state index contributed by atoms with van der Waals surface area (Å²) in [6.07, 6.45) is 3.75. The number of hydrogen-bond acceptors (Lipinski definition) is 5. The number of rotatable bonds is 6. The molecule has 33 heavy (non-hydrogen) atoms. The van der Waals surface area contributed by atoms with Crippen LogP contribution >= 0.6 is 23.4 Å². The highest BCUT2D eigenvalue weighted by atomic mass is 35.5. The first-order valence-corrected chi connectivity index (χ1v) is 11.8. The lowest BCUT2D eigenvalue weighted by Crippen LogP contribution is -2.24. The van der Waals surface area contributed by atoms with Gasteiger partial charge in [-0.15, -0.1) is 10.2 Å². The van der Waals surface area contributed by atoms with Gasteiger partial charge in [0.1, 0.15) is 5.52 Å². The number of carbonyl (C=O) groups is 1. The molecule has 0 saturated heterocycles. The van der Waals surface area contributed by atoms with Crippen LogP contribution in [0.4, 0.5) is 0 Å². The highest BCUT2D eigenvalue weighted by Gasteiger charge is 2.15. The van der Waals surface area contributed by atoms with Crippen LogP contribution in [0.25, 0.3) is 22.4 Å². The van der Waals surface area contributed by atoms with Crippen molar-refractivity contribution in [2.75, 3.05) is 5.75 Å². The Morgan fingerprint density at radius 1 is 1.06 bits per heavy atom. The second-order valence-corrected chi connectivity index (χ2v) is 9.22. The molecule has 0 aliphatic heterocycles. The van der Waals surface area contributed by atoms with Crippen LogP contribution < -0.4 is 5.32 Å². The van der Waals surface area contributed by atoms with Crippen molar-refractivity contribution >= 4 is 40.4 Å². The number of amides is 1. The molecule has 0 aliphatic carbocycles. The molecule has 166 valence electrons. The summed E-state index contributed by atoms with van der Waals surface area (Å²) in [5.41, 5.74) is 6.90. The van der Waals surface area contributed by atoms with Gasteiger partial charge in [0.15, 0.2) is 10.8 Å². The summed E-state index contributed by atoms with van der Waals surface area (Å²) in [7, 11) is 0. The normalized spacial score (nSPS) is 11.4. The van der Waals surface area contributed by atoms with E-state index in [1.165, 1.54) is 22.9 Å². The van der Waals surface area contributed by atoms with Crippen molar-refractivity contribution in [1.82, 2.24) is 29.5 Å². The number of benzene rings is 2. The first kappa shape index (κ1) is 21.5. The summed E-state index contributed by atoms with van der Waals surface area (Å²) in [6.45, 7) is 4.61. The Kier molecular flexibility index (Phi) is 5.78. The molecule has 0 fully saturated rings. The molecule has 0 atom stereocenters. The van der Waals surface area contributed by atoms with Gasteiger partial charge in [-0.05, 0) is 49.2 Å². The third-order valence-electron chi connectivity index (χ3n) is 5.39. The van der Waals surface area contributed by atoms with Crippen LogP contribution in [0.2, 0.25) is 5.02 Å². The lowest BCUT2D eigenvalue weighted by atomic mass is 10.0. The molecular weight excluding hydrogens is 456 g/mol. The van der Waals surface area contributed by atoms with E-state index in [1.54, 1.807) is 0 Å². The molecule has 0 saturated carbocycles. The standard InChI is InChI=1S/C24H21ClN6OS/c1-15-3-4-16(2)19(11-15)20-12-21-23-27-28-24(30(23)9-10-31(21)29-20)33-14-22(32)26-13-17-5-7-18(25)8-6-17/h3-12H,13-14H2,1-2H3,(H,26,32). The Labute approximate surface area is 199 Å². The van der Waals surface area contributed by atoms with E-state index in [2.05, 4.69) is 47.6 Å². The number of aromatic nitrogens is 5. The van der Waals surface area contributed by atoms with Crippen molar-refractivity contribution in [2.45, 2.75) is 25.5 Å². The van der Waals surface area contributed by atoms with Gasteiger partial charge in [-0.1, -0.05) is 53.2 Å². The average Bonchev–Trinajstić information content (AvgIpc) is 3.42. The predicted molar refractivity (Wildman–Crippen MR) is 131 cm³/mol. The molecule has 0 aliphatic rings. The van der Waals surface area contributed by atoms with Crippen molar-refractivity contribution in [3.05, 3.63) is 82.6 Å². The quantitative estimate of drug-likeness (QED) is 0.359. The Morgan fingerprint density at radius 3 is 2.70 bits per heavy atom. The SMILES string of the molecule is Cc1ccc(C)c(-c2cc3c4nnc(SCC(=O)NCc5ccc(Cl)cc5)n4ccn3n2)c1. The van der Waals surface area contributed by atoms with Crippen molar-refractivity contribution in [3.63, 3.8) is 0 Å². The molecule has 1 amide bonds. The van der Waals surface area contributed by atoms with Gasteiger partial charge >= 0.3 is 0 Å². The topological polar surface area (TPSA) is 76.6 Å². The maximum Gasteiger partial charge on any atom is 0.230 e. The number of nitrogens with one attached hydrogen (secondary N) is 1. The summed E-state index contributed by atoms with van der Waals surface area (Å²) in [5, 5.41) is 17.6. The van der Waals surface area contributed by atoms with Crippen molar-refractivity contribution in [2.24, 2.45) is 0 Å². The fourth-order valence-corrected chi connectivity index (χ4v) is 4.49. The van der Waals surface area contributed by atoms with Gasteiger partial charge in [0.2, 0.25) is 5.91 Å². The van der Waals surface area contributed by atoms with Crippen LogP contribution in [0.3, 0.4) is 0 Å². The minimum absolute atomic E-state index is 0.0747. The number of nitrogens with zero attached hydrogens (tertiary/aromatic N) is 5. The van der Waals surface area contributed by atoms with Gasteiger partial charge in [-0.25, -0.2) is 4.52 Å². The van der Waals surface area contributed by atoms with E-state index in [4.69, 9.17) is 16.7 Å². The molecule has 2 aromatic carbocycles. The number of hydrogen-bond donors (Lipinski definition) is 1. The van der Waals surface area contributed by atoms with Crippen LogP contribution in [-0.2, 0) is 11.3 Å². The van der Waals surface area contributed by atoms with Crippen LogP contribution in [0.15, 0.2) is 66.1 Å². The van der Waals surface area contributed by atoms with Crippen LogP contribution in [0.5, 0.6) is 0 Å². The zero-order valence-electron chi connectivity index (χ0n) is 18.1. The molecule has 0 bridgehead atoms. The van der Waals surface area contributed by atoms with Gasteiger partial charge in [0, 0.05) is 29.5 Å². The zero-order valence-corrected chi connectivity index (χ0v) is 19.7. The summed E-state index contributed by atoms with van der Waals surface area (Å²) in [6, 6.07) is 15.8. The monoisotopic (exact) mass is 476 g/mol. The molecule has 3 heterocycles. The minimum atomic E-state index is -0.0747. The lowest BCUT2D eigenvalue weighted by molar-refractivity contribution is -0.118. The van der Waals surface area contributed by atoms with Crippen molar-refractivity contribution < 1.29 is 4.79 Å².